The van der Waals surface area contributed by atoms with E-state index in [0.29, 0.717) is 0 Å². The molecule has 21 heavy (non-hydrogen) atoms. The number of nitrogens with zero attached hydrogens (tertiary/aromatic N) is 2. The highest BCUT2D eigenvalue weighted by Gasteiger charge is 2.33. The molecule has 0 radical (unpaired) electrons. The molecule has 1 aromatic rings. The molecule has 0 aliphatic carbocycles. The van der Waals surface area contributed by atoms with Crippen LogP contribution in [0.15, 0.2) is 18.2 Å². The summed E-state index contributed by atoms with van der Waals surface area (Å²) in [4.78, 5) is 34.3. The van der Waals surface area contributed by atoms with Gasteiger partial charge < -0.3 is 20.5 Å². The van der Waals surface area contributed by atoms with Crippen molar-refractivity contribution in [2.45, 2.75) is 6.04 Å². The average Bonchev–Trinajstić information content (AvgIpc) is 2.46. The molecular weight excluding hydrogens is 282 g/mol. The minimum atomic E-state index is -1.16. The fourth-order valence-corrected chi connectivity index (χ4v) is 2.16. The van der Waals surface area contributed by atoms with Gasteiger partial charge in [0.15, 0.2) is 6.04 Å². The Hall–Kier alpha value is -2.68. The molecule has 0 spiro atoms. The van der Waals surface area contributed by atoms with E-state index < -0.39 is 22.8 Å². The van der Waals surface area contributed by atoms with Crippen molar-refractivity contribution in [3.63, 3.8) is 0 Å². The van der Waals surface area contributed by atoms with Crippen molar-refractivity contribution in [1.29, 1.82) is 0 Å². The molecule has 1 atom stereocenters. The number of rotatable bonds is 4. The summed E-state index contributed by atoms with van der Waals surface area (Å²) in [5.74, 6) is -1.90. The van der Waals surface area contributed by atoms with Gasteiger partial charge in [0.1, 0.15) is 5.69 Å². The lowest BCUT2D eigenvalue weighted by atomic mass is 10.1. The molecule has 0 saturated carbocycles. The normalized spacial score (nSPS) is 18.3. The standard InChI is InChI=1S/C12H13N3O6/c13-11(16)7-1-2-8(15(19)20)9(5-7)14-3-4-21-6-10(14)12(17)18/h1-2,5,10H,3-4,6H2,(H2,13,16)(H,17,18). The number of aliphatic carboxylic acids is 1. The molecule has 1 aromatic carbocycles. The van der Waals surface area contributed by atoms with Crippen LogP contribution in [0.2, 0.25) is 0 Å². The highest BCUT2D eigenvalue weighted by atomic mass is 16.6. The second kappa shape index (κ2) is 5.75. The number of primary amides is 1. The quantitative estimate of drug-likeness (QED) is 0.588. The second-order valence-corrected chi connectivity index (χ2v) is 4.45. The first kappa shape index (κ1) is 14.7. The first-order chi connectivity index (χ1) is 9.91. The number of ether oxygens (including phenoxy) is 1. The number of carbonyl (C=O) groups excluding carboxylic acids is 1. The lowest BCUT2D eigenvalue weighted by Gasteiger charge is -2.34. The third kappa shape index (κ3) is 2.92. The molecule has 1 unspecified atom stereocenters. The van der Waals surface area contributed by atoms with Gasteiger partial charge >= 0.3 is 5.97 Å². The monoisotopic (exact) mass is 295 g/mol. The summed E-state index contributed by atoms with van der Waals surface area (Å²) in [6, 6.07) is 2.56. The van der Waals surface area contributed by atoms with Crippen molar-refractivity contribution in [2.75, 3.05) is 24.7 Å². The molecule has 9 nitrogen and oxygen atoms in total. The Labute approximate surface area is 119 Å². The number of anilines is 1. The summed E-state index contributed by atoms with van der Waals surface area (Å²) < 4.78 is 5.09. The number of carboxylic acids is 1. The van der Waals surface area contributed by atoms with E-state index in [-0.39, 0.29) is 36.7 Å². The highest BCUT2D eigenvalue weighted by Crippen LogP contribution is 2.31. The fraction of sp³-hybridized carbons (Fsp3) is 0.333. The topological polar surface area (TPSA) is 136 Å². The van der Waals surface area contributed by atoms with E-state index in [4.69, 9.17) is 10.5 Å². The maximum Gasteiger partial charge on any atom is 0.328 e. The van der Waals surface area contributed by atoms with E-state index in [1.54, 1.807) is 0 Å². The highest BCUT2D eigenvalue weighted by molar-refractivity contribution is 5.95. The number of benzene rings is 1. The molecule has 9 heteroatoms. The smallest absolute Gasteiger partial charge is 0.328 e. The maximum absolute atomic E-state index is 11.3. The van der Waals surface area contributed by atoms with E-state index in [1.807, 2.05) is 0 Å². The number of nitrogens with two attached hydrogens (primary N) is 1. The molecule has 1 fully saturated rings. The maximum atomic E-state index is 11.3. The first-order valence-electron chi connectivity index (χ1n) is 6.07. The number of amides is 1. The molecule has 1 aliphatic heterocycles. The lowest BCUT2D eigenvalue weighted by Crippen LogP contribution is -2.50. The summed E-state index contributed by atoms with van der Waals surface area (Å²) in [6.07, 6.45) is 0. The number of morpholine rings is 1. The van der Waals surface area contributed by atoms with E-state index in [9.17, 15) is 24.8 Å². The Morgan fingerprint density at radius 3 is 2.76 bits per heavy atom. The van der Waals surface area contributed by atoms with E-state index >= 15 is 0 Å². The van der Waals surface area contributed by atoms with Crippen molar-refractivity contribution < 1.29 is 24.4 Å². The van der Waals surface area contributed by atoms with Crippen LogP contribution in [-0.4, -0.2) is 47.7 Å². The van der Waals surface area contributed by atoms with Crippen LogP contribution in [0.4, 0.5) is 11.4 Å². The van der Waals surface area contributed by atoms with Crippen LogP contribution < -0.4 is 10.6 Å². The molecule has 3 N–H and O–H groups in total. The van der Waals surface area contributed by atoms with Crippen LogP contribution in [0.1, 0.15) is 10.4 Å². The molecule has 0 bridgehead atoms. The van der Waals surface area contributed by atoms with Gasteiger partial charge in [0.05, 0.1) is 18.1 Å². The van der Waals surface area contributed by atoms with Gasteiger partial charge in [0.2, 0.25) is 5.91 Å². The van der Waals surface area contributed by atoms with E-state index in [1.165, 1.54) is 17.0 Å². The number of hydrogen-bond donors (Lipinski definition) is 2. The second-order valence-electron chi connectivity index (χ2n) is 4.45. The van der Waals surface area contributed by atoms with Crippen molar-refractivity contribution in [2.24, 2.45) is 5.73 Å². The third-order valence-corrected chi connectivity index (χ3v) is 3.18. The zero-order valence-electron chi connectivity index (χ0n) is 10.9. The number of nitro groups is 1. The van der Waals surface area contributed by atoms with Gasteiger partial charge in [0.25, 0.3) is 5.69 Å². The van der Waals surface area contributed by atoms with Crippen LogP contribution >= 0.6 is 0 Å². The van der Waals surface area contributed by atoms with Crippen LogP contribution in [0, 0.1) is 10.1 Å². The SMILES string of the molecule is NC(=O)c1ccc([N+](=O)[O-])c(N2CCOCC2C(=O)O)c1. The zero-order chi connectivity index (χ0) is 15.6. The zero-order valence-corrected chi connectivity index (χ0v) is 10.9. The largest absolute Gasteiger partial charge is 0.480 e. The number of nitro benzene ring substituents is 1. The van der Waals surface area contributed by atoms with Crippen LogP contribution in [0.3, 0.4) is 0 Å². The Kier molecular flexibility index (Phi) is 4.03. The molecule has 1 amide bonds. The number of hydrogen-bond acceptors (Lipinski definition) is 6. The Bertz CT molecular complexity index is 603. The Morgan fingerprint density at radius 1 is 1.48 bits per heavy atom. The van der Waals surface area contributed by atoms with Gasteiger partial charge in [-0.3, -0.25) is 14.9 Å². The van der Waals surface area contributed by atoms with Crippen molar-refractivity contribution in [1.82, 2.24) is 0 Å². The fourth-order valence-electron chi connectivity index (χ4n) is 2.16. The van der Waals surface area contributed by atoms with Crippen molar-refractivity contribution in [3.8, 4) is 0 Å². The van der Waals surface area contributed by atoms with Gasteiger partial charge in [-0.25, -0.2) is 4.79 Å². The summed E-state index contributed by atoms with van der Waals surface area (Å²) in [5.41, 5.74) is 5.00. The Balaban J connectivity index is 2.52. The molecule has 2 rings (SSSR count). The summed E-state index contributed by atoms with van der Waals surface area (Å²) in [5, 5.41) is 20.3. The molecule has 1 heterocycles. The average molecular weight is 295 g/mol. The lowest BCUT2D eigenvalue weighted by molar-refractivity contribution is -0.384. The van der Waals surface area contributed by atoms with Gasteiger partial charge in [-0.2, -0.15) is 0 Å². The molecular formula is C12H13N3O6. The number of carbonyl (C=O) groups is 2. The van der Waals surface area contributed by atoms with Gasteiger partial charge in [0, 0.05) is 18.2 Å². The summed E-state index contributed by atoms with van der Waals surface area (Å²) in [7, 11) is 0. The molecule has 0 aromatic heterocycles. The van der Waals surface area contributed by atoms with Gasteiger partial charge in [-0.15, -0.1) is 0 Å². The predicted octanol–water partition coefficient (Wildman–Crippen LogP) is -0.0165. The van der Waals surface area contributed by atoms with E-state index in [0.717, 1.165) is 6.07 Å². The van der Waals surface area contributed by atoms with Crippen molar-refractivity contribution >= 4 is 23.3 Å². The molecule has 1 saturated heterocycles. The summed E-state index contributed by atoms with van der Waals surface area (Å²) >= 11 is 0. The van der Waals surface area contributed by atoms with Gasteiger partial charge in [-0.1, -0.05) is 0 Å². The van der Waals surface area contributed by atoms with E-state index in [2.05, 4.69) is 0 Å². The predicted molar refractivity (Wildman–Crippen MR) is 71.2 cm³/mol. The third-order valence-electron chi connectivity index (χ3n) is 3.18. The minimum Gasteiger partial charge on any atom is -0.480 e. The Morgan fingerprint density at radius 2 is 2.19 bits per heavy atom. The van der Waals surface area contributed by atoms with Gasteiger partial charge in [-0.05, 0) is 12.1 Å². The van der Waals surface area contributed by atoms with Crippen LogP contribution in [0.25, 0.3) is 0 Å². The minimum absolute atomic E-state index is 0.0481. The summed E-state index contributed by atoms with van der Waals surface area (Å²) in [6.45, 7) is 0.315. The van der Waals surface area contributed by atoms with Crippen LogP contribution in [0.5, 0.6) is 0 Å². The van der Waals surface area contributed by atoms with Crippen molar-refractivity contribution in [3.05, 3.63) is 33.9 Å². The number of carboxylic acid groups (broad SMARTS) is 1. The molecule has 112 valence electrons. The van der Waals surface area contributed by atoms with Crippen LogP contribution in [-0.2, 0) is 9.53 Å². The molecule has 1 aliphatic rings. The first-order valence-corrected chi connectivity index (χ1v) is 6.07.